The molecule has 0 aliphatic carbocycles. The summed E-state index contributed by atoms with van der Waals surface area (Å²) in [5, 5.41) is 0.617. The number of hydrogen-bond donors (Lipinski definition) is 1. The van der Waals surface area contributed by atoms with Gasteiger partial charge in [-0.15, -0.1) is 0 Å². The third-order valence-electron chi connectivity index (χ3n) is 5.06. The highest BCUT2D eigenvalue weighted by Gasteiger charge is 2.26. The Morgan fingerprint density at radius 3 is 2.37 bits per heavy atom. The van der Waals surface area contributed by atoms with E-state index in [1.165, 1.54) is 14.2 Å². The summed E-state index contributed by atoms with van der Waals surface area (Å²) in [5.41, 5.74) is 6.77. The SMILES string of the molecule is CCCCOC(=O)N1CCN(c2nc(N)c3cc(OC)c(OC)c(OC)c3n2)CC1. The molecule has 1 aromatic heterocycles. The lowest BCUT2D eigenvalue weighted by Gasteiger charge is -2.34. The van der Waals surface area contributed by atoms with Crippen molar-refractivity contribution in [3.63, 3.8) is 0 Å². The topological polar surface area (TPSA) is 112 Å². The van der Waals surface area contributed by atoms with Crippen LogP contribution in [0.1, 0.15) is 19.8 Å². The number of ether oxygens (including phenoxy) is 4. The van der Waals surface area contributed by atoms with Crippen LogP contribution in [0.15, 0.2) is 6.07 Å². The summed E-state index contributed by atoms with van der Waals surface area (Å²) in [6, 6.07) is 1.74. The van der Waals surface area contributed by atoms with E-state index >= 15 is 0 Å². The number of piperazine rings is 1. The van der Waals surface area contributed by atoms with Crippen LogP contribution in [0.3, 0.4) is 0 Å². The Kier molecular flexibility index (Phi) is 6.86. The second kappa shape index (κ2) is 9.55. The van der Waals surface area contributed by atoms with E-state index in [2.05, 4.69) is 16.9 Å². The lowest BCUT2D eigenvalue weighted by molar-refractivity contribution is 0.0988. The van der Waals surface area contributed by atoms with Crippen LogP contribution in [0.5, 0.6) is 17.2 Å². The monoisotopic (exact) mass is 419 g/mol. The van der Waals surface area contributed by atoms with E-state index < -0.39 is 0 Å². The van der Waals surface area contributed by atoms with Crippen molar-refractivity contribution in [2.45, 2.75) is 19.8 Å². The number of fused-ring (bicyclic) bond motifs is 1. The first-order valence-electron chi connectivity index (χ1n) is 9.96. The third-order valence-corrected chi connectivity index (χ3v) is 5.06. The van der Waals surface area contributed by atoms with Crippen LogP contribution in [0.2, 0.25) is 0 Å². The fourth-order valence-electron chi connectivity index (χ4n) is 3.37. The number of carbonyl (C=O) groups excluding carboxylic acids is 1. The highest BCUT2D eigenvalue weighted by molar-refractivity contribution is 5.97. The molecule has 164 valence electrons. The standard InChI is InChI=1S/C20H29N5O5/c1-5-6-11-30-20(26)25-9-7-24(8-10-25)19-22-15-13(18(21)23-19)12-14(27-2)16(28-3)17(15)29-4/h12H,5-11H2,1-4H3,(H2,21,22,23). The highest BCUT2D eigenvalue weighted by Crippen LogP contribution is 2.44. The number of nitrogens with zero attached hydrogens (tertiary/aromatic N) is 4. The number of hydrogen-bond acceptors (Lipinski definition) is 9. The molecule has 1 aromatic carbocycles. The van der Waals surface area contributed by atoms with Crippen molar-refractivity contribution < 1.29 is 23.7 Å². The van der Waals surface area contributed by atoms with Gasteiger partial charge in [-0.25, -0.2) is 9.78 Å². The quantitative estimate of drug-likeness (QED) is 0.675. The number of benzene rings is 1. The third kappa shape index (κ3) is 4.22. The normalized spacial score (nSPS) is 14.0. The van der Waals surface area contributed by atoms with Crippen LogP contribution in [0, 0.1) is 0 Å². The predicted octanol–water partition coefficient (Wildman–Crippen LogP) is 2.30. The molecule has 10 heteroatoms. The van der Waals surface area contributed by atoms with Gasteiger partial charge in [-0.3, -0.25) is 0 Å². The summed E-state index contributed by atoms with van der Waals surface area (Å²) < 4.78 is 21.7. The fourth-order valence-corrected chi connectivity index (χ4v) is 3.37. The number of amides is 1. The Morgan fingerprint density at radius 2 is 1.77 bits per heavy atom. The van der Waals surface area contributed by atoms with Gasteiger partial charge in [-0.05, 0) is 12.5 Å². The van der Waals surface area contributed by atoms with Crippen molar-refractivity contribution >= 4 is 28.8 Å². The van der Waals surface area contributed by atoms with E-state index in [1.807, 2.05) is 4.90 Å². The Balaban J connectivity index is 1.83. The molecule has 1 fully saturated rings. The fraction of sp³-hybridized carbons (Fsp3) is 0.550. The van der Waals surface area contributed by atoms with Crippen molar-refractivity contribution in [2.24, 2.45) is 0 Å². The van der Waals surface area contributed by atoms with Gasteiger partial charge in [0.05, 0.1) is 33.3 Å². The number of carbonyl (C=O) groups is 1. The zero-order valence-electron chi connectivity index (χ0n) is 17.9. The molecule has 0 radical (unpaired) electrons. The highest BCUT2D eigenvalue weighted by atomic mass is 16.6. The average Bonchev–Trinajstić information content (AvgIpc) is 2.77. The second-order valence-electron chi connectivity index (χ2n) is 6.89. The van der Waals surface area contributed by atoms with Crippen molar-refractivity contribution in [3.05, 3.63) is 6.07 Å². The largest absolute Gasteiger partial charge is 0.493 e. The van der Waals surface area contributed by atoms with Gasteiger partial charge in [-0.1, -0.05) is 13.3 Å². The van der Waals surface area contributed by atoms with Gasteiger partial charge in [0, 0.05) is 26.2 Å². The van der Waals surface area contributed by atoms with Gasteiger partial charge in [0.25, 0.3) is 0 Å². The minimum absolute atomic E-state index is 0.277. The smallest absolute Gasteiger partial charge is 0.409 e. The number of unbranched alkanes of at least 4 members (excludes halogenated alkanes) is 1. The number of aromatic nitrogens is 2. The Hall–Kier alpha value is -3.17. The average molecular weight is 419 g/mol. The van der Waals surface area contributed by atoms with Crippen LogP contribution in [0.25, 0.3) is 10.9 Å². The summed E-state index contributed by atoms with van der Waals surface area (Å²) >= 11 is 0. The molecule has 1 saturated heterocycles. The van der Waals surface area contributed by atoms with Gasteiger partial charge < -0.3 is 34.5 Å². The van der Waals surface area contributed by atoms with Gasteiger partial charge in [0.15, 0.2) is 11.5 Å². The van der Waals surface area contributed by atoms with Gasteiger partial charge in [0.1, 0.15) is 11.3 Å². The van der Waals surface area contributed by atoms with Gasteiger partial charge in [0.2, 0.25) is 11.7 Å². The van der Waals surface area contributed by atoms with E-state index in [0.29, 0.717) is 72.7 Å². The summed E-state index contributed by atoms with van der Waals surface area (Å²) in [6.07, 6.45) is 1.58. The summed E-state index contributed by atoms with van der Waals surface area (Å²) in [4.78, 5) is 25.0. The van der Waals surface area contributed by atoms with Crippen molar-refractivity contribution in [2.75, 3.05) is 64.7 Å². The number of nitrogens with two attached hydrogens (primary N) is 1. The second-order valence-corrected chi connectivity index (χ2v) is 6.89. The zero-order chi connectivity index (χ0) is 21.7. The molecule has 0 unspecified atom stereocenters. The number of nitrogen functional groups attached to an aromatic ring is 1. The molecule has 0 saturated carbocycles. The first-order valence-corrected chi connectivity index (χ1v) is 9.96. The molecule has 1 aliphatic heterocycles. The molecule has 0 spiro atoms. The zero-order valence-corrected chi connectivity index (χ0v) is 17.9. The maximum Gasteiger partial charge on any atom is 0.409 e. The molecule has 2 aromatic rings. The van der Waals surface area contributed by atoms with Crippen LogP contribution < -0.4 is 24.8 Å². The number of anilines is 2. The first-order chi connectivity index (χ1) is 14.5. The lowest BCUT2D eigenvalue weighted by Crippen LogP contribution is -2.49. The summed E-state index contributed by atoms with van der Waals surface area (Å²) in [7, 11) is 4.62. The number of rotatable bonds is 7. The van der Waals surface area contributed by atoms with Crippen LogP contribution in [0.4, 0.5) is 16.6 Å². The minimum atomic E-state index is -0.277. The molecular weight excluding hydrogens is 390 g/mol. The van der Waals surface area contributed by atoms with E-state index in [0.717, 1.165) is 12.8 Å². The van der Waals surface area contributed by atoms with Gasteiger partial charge >= 0.3 is 6.09 Å². The van der Waals surface area contributed by atoms with Crippen molar-refractivity contribution in [1.29, 1.82) is 0 Å². The van der Waals surface area contributed by atoms with Gasteiger partial charge in [-0.2, -0.15) is 4.98 Å². The maximum absolute atomic E-state index is 12.2. The lowest BCUT2D eigenvalue weighted by atomic mass is 10.2. The first kappa shape index (κ1) is 21.5. The molecule has 3 rings (SSSR count). The molecule has 1 amide bonds. The molecule has 10 nitrogen and oxygen atoms in total. The van der Waals surface area contributed by atoms with E-state index in [1.54, 1.807) is 18.1 Å². The molecule has 0 bridgehead atoms. The van der Waals surface area contributed by atoms with E-state index in [-0.39, 0.29) is 6.09 Å². The molecule has 30 heavy (non-hydrogen) atoms. The van der Waals surface area contributed by atoms with E-state index in [4.69, 9.17) is 24.7 Å². The maximum atomic E-state index is 12.2. The predicted molar refractivity (Wildman–Crippen MR) is 114 cm³/mol. The Labute approximate surface area is 175 Å². The van der Waals surface area contributed by atoms with Crippen molar-refractivity contribution in [1.82, 2.24) is 14.9 Å². The van der Waals surface area contributed by atoms with Crippen molar-refractivity contribution in [3.8, 4) is 17.2 Å². The summed E-state index contributed by atoms with van der Waals surface area (Å²) in [6.45, 7) is 4.70. The van der Waals surface area contributed by atoms with E-state index in [9.17, 15) is 4.79 Å². The number of methoxy groups -OCH3 is 3. The molecular formula is C20H29N5O5. The minimum Gasteiger partial charge on any atom is -0.493 e. The molecule has 1 aliphatic rings. The molecule has 0 atom stereocenters. The summed E-state index contributed by atoms with van der Waals surface area (Å²) in [5.74, 6) is 2.15. The van der Waals surface area contributed by atoms with Crippen LogP contribution in [-0.4, -0.2) is 75.1 Å². The van der Waals surface area contributed by atoms with Crippen LogP contribution >= 0.6 is 0 Å². The Morgan fingerprint density at radius 1 is 1.07 bits per heavy atom. The molecule has 2 heterocycles. The Bertz CT molecular complexity index is 899. The molecule has 2 N–H and O–H groups in total. The van der Waals surface area contributed by atoms with Crippen LogP contribution in [-0.2, 0) is 4.74 Å².